The van der Waals surface area contributed by atoms with Gasteiger partial charge in [-0.15, -0.1) is 11.8 Å². The summed E-state index contributed by atoms with van der Waals surface area (Å²) in [7, 11) is 0. The summed E-state index contributed by atoms with van der Waals surface area (Å²) in [5.41, 5.74) is 2.48. The number of thioether (sulfide) groups is 1. The van der Waals surface area contributed by atoms with Gasteiger partial charge in [0.1, 0.15) is 5.75 Å². The van der Waals surface area contributed by atoms with Crippen LogP contribution in [0.2, 0.25) is 0 Å². The molecule has 0 spiro atoms. The molecule has 0 saturated heterocycles. The van der Waals surface area contributed by atoms with E-state index in [0.717, 1.165) is 23.7 Å². The highest BCUT2D eigenvalue weighted by Gasteiger charge is 2.44. The number of rotatable bonds is 4. The molecule has 4 fully saturated rings. The lowest BCUT2D eigenvalue weighted by atomic mass is 9.54. The van der Waals surface area contributed by atoms with E-state index in [4.69, 9.17) is 4.74 Å². The van der Waals surface area contributed by atoms with Crippen LogP contribution in [0.5, 0.6) is 5.75 Å². The highest BCUT2D eigenvalue weighted by Crippen LogP contribution is 2.57. The number of hydrogen-bond donors (Lipinski definition) is 0. The third-order valence-electron chi connectivity index (χ3n) is 6.64. The van der Waals surface area contributed by atoms with Crippen molar-refractivity contribution in [2.75, 3.05) is 0 Å². The van der Waals surface area contributed by atoms with Crippen LogP contribution in [0.4, 0.5) is 0 Å². The van der Waals surface area contributed by atoms with Gasteiger partial charge in [0.2, 0.25) is 0 Å². The number of carbonyl (C=O) groups is 1. The van der Waals surface area contributed by atoms with Crippen molar-refractivity contribution in [3.05, 3.63) is 40.8 Å². The van der Waals surface area contributed by atoms with E-state index in [0.29, 0.717) is 11.0 Å². The average Bonchev–Trinajstić information content (AvgIpc) is 2.59. The maximum Gasteiger partial charge on any atom is 0.316 e. The molecule has 1 aromatic rings. The van der Waals surface area contributed by atoms with Crippen molar-refractivity contribution in [2.24, 2.45) is 29.1 Å². The lowest BCUT2D eigenvalue weighted by Crippen LogP contribution is -2.40. The molecule has 5 rings (SSSR count). The van der Waals surface area contributed by atoms with Crippen LogP contribution in [0.15, 0.2) is 35.2 Å². The van der Waals surface area contributed by atoms with Gasteiger partial charge in [-0.2, -0.15) is 0 Å². The first-order valence-electron chi connectivity index (χ1n) is 10.5. The minimum absolute atomic E-state index is 0.185. The van der Waals surface area contributed by atoms with E-state index >= 15 is 0 Å². The Morgan fingerprint density at radius 3 is 2.33 bits per heavy atom. The van der Waals surface area contributed by atoms with Gasteiger partial charge in [-0.05, 0) is 107 Å². The van der Waals surface area contributed by atoms with Crippen LogP contribution < -0.4 is 4.74 Å². The smallest absolute Gasteiger partial charge is 0.316 e. The summed E-state index contributed by atoms with van der Waals surface area (Å²) in [5, 5.41) is 2.86. The summed E-state index contributed by atoms with van der Waals surface area (Å²) in [4.78, 5) is 12.2. The summed E-state index contributed by atoms with van der Waals surface area (Å²) >= 11 is 1.94. The van der Waals surface area contributed by atoms with Crippen molar-refractivity contribution in [1.82, 2.24) is 0 Å². The number of hydrogen-bond acceptors (Lipinski definition) is 3. The minimum atomic E-state index is -0.486. The van der Waals surface area contributed by atoms with Crippen molar-refractivity contribution < 1.29 is 9.53 Å². The molecule has 0 aromatic heterocycles. The van der Waals surface area contributed by atoms with Gasteiger partial charge in [0.05, 0.1) is 5.41 Å². The normalized spacial score (nSPS) is 30.3. The van der Waals surface area contributed by atoms with Gasteiger partial charge in [-0.3, -0.25) is 4.79 Å². The molecule has 4 saturated carbocycles. The second kappa shape index (κ2) is 7.31. The molecule has 27 heavy (non-hydrogen) atoms. The Hall–Kier alpha value is -1.22. The van der Waals surface area contributed by atoms with Gasteiger partial charge >= 0.3 is 5.97 Å². The van der Waals surface area contributed by atoms with E-state index in [1.807, 2.05) is 50.7 Å². The first kappa shape index (κ1) is 19.1. The van der Waals surface area contributed by atoms with Crippen LogP contribution >= 0.6 is 11.8 Å². The molecule has 1 unspecified atom stereocenters. The fraction of sp³-hybridized carbons (Fsp3) is 0.625. The molecule has 4 aliphatic rings. The number of allylic oxidation sites excluding steroid dienone is 1. The zero-order chi connectivity index (χ0) is 19.2. The molecule has 4 aliphatic carbocycles. The molecule has 0 N–H and O–H groups in total. The van der Waals surface area contributed by atoms with Crippen LogP contribution in [0, 0.1) is 29.1 Å². The minimum Gasteiger partial charge on any atom is -0.426 e. The van der Waals surface area contributed by atoms with E-state index < -0.39 is 5.41 Å². The summed E-state index contributed by atoms with van der Waals surface area (Å²) in [6.45, 7) is 7.90. The Labute approximate surface area is 168 Å². The second-order valence-corrected chi connectivity index (χ2v) is 11.1. The van der Waals surface area contributed by atoms with Gasteiger partial charge in [-0.1, -0.05) is 17.7 Å². The van der Waals surface area contributed by atoms with E-state index in [1.54, 1.807) is 5.57 Å². The number of carbonyl (C=O) groups excluding carboxylic acids is 1. The molecule has 2 nitrogen and oxygen atoms in total. The van der Waals surface area contributed by atoms with Crippen molar-refractivity contribution >= 4 is 17.7 Å². The van der Waals surface area contributed by atoms with Gasteiger partial charge < -0.3 is 4.74 Å². The third kappa shape index (κ3) is 4.13. The largest absolute Gasteiger partial charge is 0.426 e. The highest BCUT2D eigenvalue weighted by molar-refractivity contribution is 8.02. The van der Waals surface area contributed by atoms with Gasteiger partial charge in [-0.25, -0.2) is 0 Å². The molecule has 146 valence electrons. The van der Waals surface area contributed by atoms with Crippen molar-refractivity contribution in [2.45, 2.75) is 65.0 Å². The van der Waals surface area contributed by atoms with Crippen LogP contribution in [-0.4, -0.2) is 5.97 Å². The fourth-order valence-electron chi connectivity index (χ4n) is 5.27. The Balaban J connectivity index is 1.42. The van der Waals surface area contributed by atoms with E-state index in [-0.39, 0.29) is 5.97 Å². The monoisotopic (exact) mass is 384 g/mol. The van der Waals surface area contributed by atoms with Crippen molar-refractivity contribution in [3.63, 3.8) is 0 Å². The first-order chi connectivity index (χ1) is 12.8. The van der Waals surface area contributed by atoms with Crippen LogP contribution in [-0.2, 0) is 4.79 Å². The Bertz CT molecular complexity index is 713. The van der Waals surface area contributed by atoms with Crippen LogP contribution in [0.3, 0.4) is 0 Å². The quantitative estimate of drug-likeness (QED) is 0.423. The zero-order valence-corrected chi connectivity index (χ0v) is 17.9. The predicted molar refractivity (Wildman–Crippen MR) is 113 cm³/mol. The molecule has 0 amide bonds. The summed E-state index contributed by atoms with van der Waals surface area (Å²) in [5.74, 6) is 4.22. The maximum absolute atomic E-state index is 12.2. The maximum atomic E-state index is 12.2. The van der Waals surface area contributed by atoms with E-state index in [1.165, 1.54) is 37.7 Å². The SMILES string of the molecule is CC(SC=C1C2CC3CC(C2)CC1C3)c1cccc(OC(=O)C(C)(C)C)c1. The average molecular weight is 385 g/mol. The molecule has 0 heterocycles. The molecule has 1 aromatic carbocycles. The lowest BCUT2D eigenvalue weighted by molar-refractivity contribution is -0.142. The lowest BCUT2D eigenvalue weighted by Gasteiger charge is -2.51. The molecule has 0 radical (unpaired) electrons. The Morgan fingerprint density at radius 2 is 1.74 bits per heavy atom. The Morgan fingerprint density at radius 1 is 1.11 bits per heavy atom. The van der Waals surface area contributed by atoms with Gasteiger partial charge in [0.15, 0.2) is 0 Å². The Kier molecular flexibility index (Phi) is 5.18. The highest BCUT2D eigenvalue weighted by atomic mass is 32.2. The summed E-state index contributed by atoms with van der Waals surface area (Å²) in [6.07, 6.45) is 7.25. The number of benzene rings is 1. The third-order valence-corrected chi connectivity index (χ3v) is 7.73. The molecule has 4 bridgehead atoms. The zero-order valence-electron chi connectivity index (χ0n) is 17.0. The van der Waals surface area contributed by atoms with Crippen LogP contribution in [0.1, 0.15) is 70.6 Å². The first-order valence-corrected chi connectivity index (χ1v) is 11.4. The standard InChI is InChI=1S/C24H32O2S/c1-15(18-6-5-7-21(13-18)26-23(25)24(2,3)4)27-14-22-19-9-16-8-17(11-19)12-20(22)10-16/h5-7,13-17,19-20H,8-12H2,1-4H3. The predicted octanol–water partition coefficient (Wildman–Crippen LogP) is 6.77. The second-order valence-electron chi connectivity index (χ2n) is 9.91. The molecular weight excluding hydrogens is 352 g/mol. The molecule has 0 aliphatic heterocycles. The van der Waals surface area contributed by atoms with Gasteiger partial charge in [0.25, 0.3) is 0 Å². The summed E-state index contributed by atoms with van der Waals surface area (Å²) in [6, 6.07) is 8.03. The number of esters is 1. The molecule has 1 atom stereocenters. The topological polar surface area (TPSA) is 26.3 Å². The fourth-order valence-corrected chi connectivity index (χ4v) is 6.32. The summed E-state index contributed by atoms with van der Waals surface area (Å²) < 4.78 is 5.58. The van der Waals surface area contributed by atoms with Gasteiger partial charge in [0, 0.05) is 5.25 Å². The number of ether oxygens (including phenoxy) is 1. The van der Waals surface area contributed by atoms with Crippen molar-refractivity contribution in [1.29, 1.82) is 0 Å². The van der Waals surface area contributed by atoms with E-state index in [9.17, 15) is 4.79 Å². The van der Waals surface area contributed by atoms with E-state index in [2.05, 4.69) is 18.4 Å². The van der Waals surface area contributed by atoms with Crippen molar-refractivity contribution in [3.8, 4) is 5.75 Å². The van der Waals surface area contributed by atoms with Crippen LogP contribution in [0.25, 0.3) is 0 Å². The molecule has 3 heteroatoms. The molecular formula is C24H32O2S.